The first-order valence-corrected chi connectivity index (χ1v) is 8.20. The Kier molecular flexibility index (Phi) is 7.18. The first-order valence-electron chi connectivity index (χ1n) is 6.96. The van der Waals surface area contributed by atoms with Crippen LogP contribution in [-0.4, -0.2) is 12.6 Å². The molecule has 2 rings (SSSR count). The Hall–Kier alpha value is -1.25. The number of rotatable bonds is 2. The van der Waals surface area contributed by atoms with Crippen molar-refractivity contribution in [1.29, 1.82) is 0 Å². The van der Waals surface area contributed by atoms with Gasteiger partial charge in [-0.3, -0.25) is 0 Å². The van der Waals surface area contributed by atoms with Gasteiger partial charge in [-0.1, -0.05) is 6.42 Å². The minimum Gasteiger partial charge on any atom is -0.462 e. The Morgan fingerprint density at radius 1 is 1.23 bits per heavy atom. The van der Waals surface area contributed by atoms with Crippen molar-refractivity contribution < 1.29 is 42.8 Å². The van der Waals surface area contributed by atoms with Crippen molar-refractivity contribution in [2.75, 3.05) is 6.61 Å². The van der Waals surface area contributed by atoms with Gasteiger partial charge in [0.2, 0.25) is 0 Å². The zero-order valence-corrected chi connectivity index (χ0v) is 13.3. The van der Waals surface area contributed by atoms with E-state index >= 15 is 0 Å². The van der Waals surface area contributed by atoms with E-state index in [1.54, 1.807) is 0 Å². The highest BCUT2D eigenvalue weighted by Crippen LogP contribution is 2.24. The SMILES string of the molecule is CCOC(=O)c1cc2c([o+]c1C)CCCCC2.[O-][Cl+3]([O-])([O-])[O-]. The second-order valence-corrected chi connectivity index (χ2v) is 5.58. The molecular formula is C14H19ClO7. The zero-order valence-electron chi connectivity index (χ0n) is 12.6. The van der Waals surface area contributed by atoms with Gasteiger partial charge in [-0.15, -0.1) is 10.2 Å². The normalized spacial score (nSPS) is 14.3. The summed E-state index contributed by atoms with van der Waals surface area (Å²) in [5.41, 5.74) is 1.75. The zero-order chi connectivity index (χ0) is 16.8. The van der Waals surface area contributed by atoms with Gasteiger partial charge in [-0.25, -0.2) is 27.8 Å². The van der Waals surface area contributed by atoms with Crippen LogP contribution in [0, 0.1) is 17.2 Å². The van der Waals surface area contributed by atoms with E-state index in [9.17, 15) is 4.79 Å². The molecule has 1 aliphatic rings. The largest absolute Gasteiger partial charge is 0.462 e. The minimum absolute atomic E-state index is 0.277. The first-order chi connectivity index (χ1) is 10.2. The van der Waals surface area contributed by atoms with Crippen LogP contribution in [0.5, 0.6) is 0 Å². The van der Waals surface area contributed by atoms with Gasteiger partial charge in [-0.05, 0) is 32.3 Å². The van der Waals surface area contributed by atoms with Crippen LogP contribution in [0.4, 0.5) is 0 Å². The number of ether oxygens (including phenoxy) is 1. The van der Waals surface area contributed by atoms with Crippen LogP contribution in [0.25, 0.3) is 0 Å². The molecule has 1 aliphatic carbocycles. The highest BCUT2D eigenvalue weighted by Gasteiger charge is 2.26. The highest BCUT2D eigenvalue weighted by atomic mass is 35.7. The fraction of sp³-hybridized carbons (Fsp3) is 0.571. The molecule has 0 saturated carbocycles. The molecule has 0 radical (unpaired) electrons. The van der Waals surface area contributed by atoms with Gasteiger partial charge >= 0.3 is 17.5 Å². The van der Waals surface area contributed by atoms with Gasteiger partial charge in [-0.2, -0.15) is 0 Å². The van der Waals surface area contributed by atoms with Crippen molar-refractivity contribution in [2.45, 2.75) is 46.0 Å². The average molecular weight is 335 g/mol. The van der Waals surface area contributed by atoms with E-state index in [4.69, 9.17) is 27.8 Å². The maximum absolute atomic E-state index is 11.8. The summed E-state index contributed by atoms with van der Waals surface area (Å²) in [4.78, 5) is 11.8. The third-order valence-electron chi connectivity index (χ3n) is 3.18. The molecule has 0 saturated heterocycles. The van der Waals surface area contributed by atoms with Gasteiger partial charge in [0.15, 0.2) is 5.56 Å². The average Bonchev–Trinajstić information content (AvgIpc) is 2.60. The molecule has 0 fully saturated rings. The molecular weight excluding hydrogens is 316 g/mol. The summed E-state index contributed by atoms with van der Waals surface area (Å²) in [5, 5.41) is 0. The summed E-state index contributed by atoms with van der Waals surface area (Å²) in [6, 6.07) is 1.96. The van der Waals surface area contributed by atoms with Gasteiger partial charge in [0.1, 0.15) is 0 Å². The summed E-state index contributed by atoms with van der Waals surface area (Å²) in [6.45, 7) is 4.04. The molecule has 0 amide bonds. The Balaban J connectivity index is 0.000000422. The lowest BCUT2D eigenvalue weighted by Gasteiger charge is -2.17. The van der Waals surface area contributed by atoms with Crippen LogP contribution in [0.1, 0.15) is 53.6 Å². The lowest BCUT2D eigenvalue weighted by Crippen LogP contribution is -2.68. The second kappa shape index (κ2) is 8.40. The Morgan fingerprint density at radius 2 is 1.82 bits per heavy atom. The van der Waals surface area contributed by atoms with Crippen molar-refractivity contribution in [3.05, 3.63) is 28.7 Å². The number of carbonyl (C=O) groups is 1. The molecule has 0 unspecified atom stereocenters. The van der Waals surface area contributed by atoms with Gasteiger partial charge in [0.05, 0.1) is 25.5 Å². The van der Waals surface area contributed by atoms with Gasteiger partial charge in [0.25, 0.3) is 0 Å². The summed E-state index contributed by atoms with van der Waals surface area (Å²) in [7, 11) is -4.94. The fourth-order valence-electron chi connectivity index (χ4n) is 2.27. The number of aryl methyl sites for hydroxylation is 3. The quantitative estimate of drug-likeness (QED) is 0.367. The third-order valence-corrected chi connectivity index (χ3v) is 3.18. The summed E-state index contributed by atoms with van der Waals surface area (Å²) >= 11 is 0. The lowest BCUT2D eigenvalue weighted by atomic mass is 10.1. The fourth-order valence-corrected chi connectivity index (χ4v) is 2.27. The number of hydrogen-bond donors (Lipinski definition) is 0. The Bertz CT molecular complexity index is 505. The van der Waals surface area contributed by atoms with Crippen LogP contribution < -0.4 is 18.6 Å². The molecule has 1 heterocycles. The molecule has 1 aromatic rings. The molecule has 22 heavy (non-hydrogen) atoms. The molecule has 1 aromatic heterocycles. The number of fused-ring (bicyclic) bond motifs is 1. The molecule has 0 aliphatic heterocycles. The number of hydrogen-bond acceptors (Lipinski definition) is 6. The van der Waals surface area contributed by atoms with Crippen LogP contribution in [-0.2, 0) is 17.6 Å². The number of halogens is 1. The van der Waals surface area contributed by atoms with Crippen molar-refractivity contribution in [3.63, 3.8) is 0 Å². The van der Waals surface area contributed by atoms with Crippen LogP contribution in [0.2, 0.25) is 0 Å². The van der Waals surface area contributed by atoms with Crippen molar-refractivity contribution in [1.82, 2.24) is 0 Å². The maximum atomic E-state index is 11.8. The minimum atomic E-state index is -4.94. The summed E-state index contributed by atoms with van der Waals surface area (Å²) in [6.07, 6.45) is 5.57. The van der Waals surface area contributed by atoms with E-state index in [1.807, 2.05) is 19.9 Å². The first kappa shape index (κ1) is 18.8. The summed E-state index contributed by atoms with van der Waals surface area (Å²) in [5.74, 6) is 1.44. The van der Waals surface area contributed by atoms with Gasteiger partial charge < -0.3 is 4.74 Å². The van der Waals surface area contributed by atoms with Crippen molar-refractivity contribution in [2.24, 2.45) is 0 Å². The van der Waals surface area contributed by atoms with Crippen LogP contribution in [0.15, 0.2) is 10.5 Å². The van der Waals surface area contributed by atoms with E-state index in [2.05, 4.69) is 0 Å². The van der Waals surface area contributed by atoms with E-state index in [-0.39, 0.29) is 5.97 Å². The molecule has 8 heteroatoms. The predicted molar refractivity (Wildman–Crippen MR) is 65.1 cm³/mol. The molecule has 0 bridgehead atoms. The smallest absolute Gasteiger partial charge is 0.347 e. The van der Waals surface area contributed by atoms with E-state index < -0.39 is 10.2 Å². The number of carbonyl (C=O) groups excluding carboxylic acids is 1. The molecule has 0 N–H and O–H groups in total. The number of esters is 1. The van der Waals surface area contributed by atoms with Gasteiger partial charge in [0, 0.05) is 0 Å². The Labute approximate surface area is 130 Å². The maximum Gasteiger partial charge on any atom is 0.347 e. The molecule has 0 aromatic carbocycles. The molecule has 0 spiro atoms. The topological polar surface area (TPSA) is 130 Å². The predicted octanol–water partition coefficient (Wildman–Crippen LogP) is -1.44. The Morgan fingerprint density at radius 3 is 2.41 bits per heavy atom. The summed E-state index contributed by atoms with van der Waals surface area (Å²) < 4.78 is 44.8. The van der Waals surface area contributed by atoms with Crippen LogP contribution in [0.3, 0.4) is 0 Å². The lowest BCUT2D eigenvalue weighted by molar-refractivity contribution is -2.00. The third kappa shape index (κ3) is 6.67. The highest BCUT2D eigenvalue weighted by molar-refractivity contribution is 5.90. The van der Waals surface area contributed by atoms with E-state index in [1.165, 1.54) is 24.8 Å². The van der Waals surface area contributed by atoms with E-state index in [0.717, 1.165) is 18.6 Å². The molecule has 0 atom stereocenters. The molecule has 7 nitrogen and oxygen atoms in total. The van der Waals surface area contributed by atoms with Crippen molar-refractivity contribution >= 4 is 5.97 Å². The van der Waals surface area contributed by atoms with E-state index in [0.29, 0.717) is 17.9 Å². The second-order valence-electron chi connectivity index (χ2n) is 4.82. The van der Waals surface area contributed by atoms with Crippen molar-refractivity contribution in [3.8, 4) is 0 Å². The standard InChI is InChI=1S/C14H19O3.ClHO4/c1-3-16-14(15)12-9-11-7-5-4-6-8-13(11)17-10(12)2;2-1(3,4)5/h9H,3-8H2,1-2H3;(H,2,3,4,5)/q+1;/p-1. The van der Waals surface area contributed by atoms with Crippen LogP contribution >= 0.6 is 0 Å². The molecule has 124 valence electrons. The monoisotopic (exact) mass is 334 g/mol.